The Hall–Kier alpha value is -1.86. The second kappa shape index (κ2) is 5.85. The van der Waals surface area contributed by atoms with Crippen LogP contribution in [0.15, 0.2) is 23.6 Å². The van der Waals surface area contributed by atoms with Gasteiger partial charge in [-0.05, 0) is 37.8 Å². The van der Waals surface area contributed by atoms with Gasteiger partial charge in [-0.2, -0.15) is 5.26 Å². The molecule has 0 fully saturated rings. The van der Waals surface area contributed by atoms with Crippen molar-refractivity contribution in [3.8, 4) is 6.07 Å². The molecular formula is C15H17N3S. The summed E-state index contributed by atoms with van der Waals surface area (Å²) in [7, 11) is 2.03. The van der Waals surface area contributed by atoms with E-state index in [0.717, 1.165) is 30.0 Å². The Balaban J connectivity index is 2.19. The largest absolute Gasteiger partial charge is 0.373 e. The number of nitriles is 1. The third-order valence-electron chi connectivity index (χ3n) is 3.10. The van der Waals surface area contributed by atoms with E-state index in [0.29, 0.717) is 5.56 Å². The van der Waals surface area contributed by atoms with Crippen LogP contribution in [0.5, 0.6) is 0 Å². The van der Waals surface area contributed by atoms with Gasteiger partial charge in [-0.1, -0.05) is 6.07 Å². The van der Waals surface area contributed by atoms with Crippen LogP contribution in [0, 0.1) is 25.2 Å². The molecule has 2 rings (SSSR count). The van der Waals surface area contributed by atoms with Gasteiger partial charge in [-0.25, -0.2) is 0 Å². The summed E-state index contributed by atoms with van der Waals surface area (Å²) in [5, 5.41) is 11.4. The molecule has 0 atom stereocenters. The molecule has 0 aromatic carbocycles. The number of nitrogens with zero attached hydrogens (tertiary/aromatic N) is 3. The zero-order valence-corrected chi connectivity index (χ0v) is 12.3. The summed E-state index contributed by atoms with van der Waals surface area (Å²) in [6, 6.07) is 8.47. The summed E-state index contributed by atoms with van der Waals surface area (Å²) in [6.45, 7) is 4.75. The zero-order valence-electron chi connectivity index (χ0n) is 11.5. The van der Waals surface area contributed by atoms with Crippen LogP contribution in [0.2, 0.25) is 0 Å². The minimum absolute atomic E-state index is 0.680. The number of thiophene rings is 1. The van der Waals surface area contributed by atoms with Crippen LogP contribution in [0.4, 0.5) is 5.69 Å². The molecule has 2 aromatic heterocycles. The summed E-state index contributed by atoms with van der Waals surface area (Å²) < 4.78 is 0. The lowest BCUT2D eigenvalue weighted by Gasteiger charge is -2.21. The standard InChI is InChI=1S/C15H17N3S/c1-11-9-15(14(10-16)12(2)17-11)18(3)7-6-13-5-4-8-19-13/h4-5,8-9H,6-7H2,1-3H3. The van der Waals surface area contributed by atoms with Gasteiger partial charge < -0.3 is 4.90 Å². The molecule has 2 heterocycles. The Morgan fingerprint density at radius 2 is 2.21 bits per heavy atom. The number of pyridine rings is 1. The van der Waals surface area contributed by atoms with Gasteiger partial charge >= 0.3 is 0 Å². The Morgan fingerprint density at radius 3 is 2.84 bits per heavy atom. The van der Waals surface area contributed by atoms with Gasteiger partial charge in [0.1, 0.15) is 6.07 Å². The van der Waals surface area contributed by atoms with E-state index in [4.69, 9.17) is 0 Å². The predicted octanol–water partition coefficient (Wildman–Crippen LogP) is 3.31. The van der Waals surface area contributed by atoms with Crippen molar-refractivity contribution in [3.05, 3.63) is 45.4 Å². The van der Waals surface area contributed by atoms with Gasteiger partial charge in [0.25, 0.3) is 0 Å². The summed E-state index contributed by atoms with van der Waals surface area (Å²) >= 11 is 1.77. The molecule has 0 aliphatic carbocycles. The zero-order chi connectivity index (χ0) is 13.8. The lowest BCUT2D eigenvalue weighted by Crippen LogP contribution is -2.21. The van der Waals surface area contributed by atoms with Crippen LogP contribution in [0.25, 0.3) is 0 Å². The number of hydrogen-bond donors (Lipinski definition) is 0. The molecule has 0 radical (unpaired) electrons. The molecule has 0 amide bonds. The summed E-state index contributed by atoms with van der Waals surface area (Å²) in [5.41, 5.74) is 3.42. The molecule has 0 aliphatic rings. The highest BCUT2D eigenvalue weighted by Crippen LogP contribution is 2.22. The van der Waals surface area contributed by atoms with E-state index in [9.17, 15) is 5.26 Å². The van der Waals surface area contributed by atoms with Crippen molar-refractivity contribution >= 4 is 17.0 Å². The van der Waals surface area contributed by atoms with Crippen LogP contribution in [-0.4, -0.2) is 18.6 Å². The molecule has 3 nitrogen and oxygen atoms in total. The van der Waals surface area contributed by atoms with E-state index in [1.54, 1.807) is 11.3 Å². The monoisotopic (exact) mass is 271 g/mol. The maximum atomic E-state index is 9.28. The second-order valence-electron chi connectivity index (χ2n) is 4.61. The highest BCUT2D eigenvalue weighted by atomic mass is 32.1. The van der Waals surface area contributed by atoms with Crippen LogP contribution >= 0.6 is 11.3 Å². The molecule has 98 valence electrons. The van der Waals surface area contributed by atoms with Crippen LogP contribution in [0.3, 0.4) is 0 Å². The lowest BCUT2D eigenvalue weighted by molar-refractivity contribution is 0.880. The summed E-state index contributed by atoms with van der Waals surface area (Å²) in [5.74, 6) is 0. The number of anilines is 1. The fraction of sp³-hybridized carbons (Fsp3) is 0.333. The first-order valence-electron chi connectivity index (χ1n) is 6.23. The maximum Gasteiger partial charge on any atom is 0.103 e. The third-order valence-corrected chi connectivity index (χ3v) is 4.04. The van der Waals surface area contributed by atoms with Crippen molar-refractivity contribution < 1.29 is 0 Å². The van der Waals surface area contributed by atoms with E-state index >= 15 is 0 Å². The van der Waals surface area contributed by atoms with Gasteiger partial charge in [0, 0.05) is 24.2 Å². The number of rotatable bonds is 4. The number of likely N-dealkylation sites (N-methyl/N-ethyl adjacent to an activating group) is 1. The molecular weight excluding hydrogens is 254 g/mol. The van der Waals surface area contributed by atoms with Crippen LogP contribution in [-0.2, 0) is 6.42 Å². The summed E-state index contributed by atoms with van der Waals surface area (Å²) in [6.07, 6.45) is 0.999. The minimum atomic E-state index is 0.680. The van der Waals surface area contributed by atoms with Gasteiger partial charge in [-0.3, -0.25) is 4.98 Å². The number of hydrogen-bond acceptors (Lipinski definition) is 4. The van der Waals surface area contributed by atoms with E-state index in [-0.39, 0.29) is 0 Å². The average Bonchev–Trinajstić information content (AvgIpc) is 2.88. The molecule has 0 unspecified atom stereocenters. The highest BCUT2D eigenvalue weighted by molar-refractivity contribution is 7.09. The highest BCUT2D eigenvalue weighted by Gasteiger charge is 2.12. The summed E-state index contributed by atoms with van der Waals surface area (Å²) in [4.78, 5) is 7.86. The fourth-order valence-corrected chi connectivity index (χ4v) is 2.80. The van der Waals surface area contributed by atoms with Crippen molar-refractivity contribution in [1.29, 1.82) is 5.26 Å². The van der Waals surface area contributed by atoms with Gasteiger partial charge in [0.2, 0.25) is 0 Å². The quantitative estimate of drug-likeness (QED) is 0.856. The fourth-order valence-electron chi connectivity index (χ4n) is 2.10. The molecule has 0 N–H and O–H groups in total. The molecule has 2 aromatic rings. The van der Waals surface area contributed by atoms with E-state index < -0.39 is 0 Å². The number of aryl methyl sites for hydroxylation is 2. The van der Waals surface area contributed by atoms with Gasteiger partial charge in [0.15, 0.2) is 0 Å². The molecule has 19 heavy (non-hydrogen) atoms. The number of aromatic nitrogens is 1. The van der Waals surface area contributed by atoms with Crippen LogP contribution in [0.1, 0.15) is 21.8 Å². The third kappa shape index (κ3) is 3.12. The first kappa shape index (κ1) is 13.6. The molecule has 4 heteroatoms. The van der Waals surface area contributed by atoms with Crippen molar-refractivity contribution in [2.75, 3.05) is 18.5 Å². The van der Waals surface area contributed by atoms with Crippen molar-refractivity contribution in [1.82, 2.24) is 4.98 Å². The van der Waals surface area contributed by atoms with Crippen LogP contribution < -0.4 is 4.90 Å². The van der Waals surface area contributed by atoms with E-state index in [1.807, 2.05) is 27.0 Å². The molecule has 0 saturated heterocycles. The van der Waals surface area contributed by atoms with E-state index in [2.05, 4.69) is 33.5 Å². The first-order chi connectivity index (χ1) is 9.11. The smallest absolute Gasteiger partial charge is 0.103 e. The maximum absolute atomic E-state index is 9.28. The Kier molecular flexibility index (Phi) is 4.18. The van der Waals surface area contributed by atoms with E-state index in [1.165, 1.54) is 4.88 Å². The topological polar surface area (TPSA) is 39.9 Å². The molecule has 0 bridgehead atoms. The SMILES string of the molecule is Cc1cc(N(C)CCc2cccs2)c(C#N)c(C)n1. The molecule has 0 saturated carbocycles. The normalized spacial score (nSPS) is 10.2. The van der Waals surface area contributed by atoms with Crippen molar-refractivity contribution in [2.24, 2.45) is 0 Å². The van der Waals surface area contributed by atoms with Gasteiger partial charge in [0.05, 0.1) is 16.9 Å². The second-order valence-corrected chi connectivity index (χ2v) is 5.64. The first-order valence-corrected chi connectivity index (χ1v) is 7.11. The molecule has 0 spiro atoms. The van der Waals surface area contributed by atoms with Crippen molar-refractivity contribution in [3.63, 3.8) is 0 Å². The Morgan fingerprint density at radius 1 is 1.42 bits per heavy atom. The van der Waals surface area contributed by atoms with Crippen molar-refractivity contribution in [2.45, 2.75) is 20.3 Å². The Bertz CT molecular complexity index is 597. The molecule has 0 aliphatic heterocycles. The average molecular weight is 271 g/mol. The van der Waals surface area contributed by atoms with Gasteiger partial charge in [-0.15, -0.1) is 11.3 Å². The lowest BCUT2D eigenvalue weighted by atomic mass is 10.1. The minimum Gasteiger partial charge on any atom is -0.373 e. The predicted molar refractivity (Wildman–Crippen MR) is 79.7 cm³/mol. The Labute approximate surface area is 118 Å².